The zero-order chi connectivity index (χ0) is 18.5. The molecular formula is C19H28N2O5. The summed E-state index contributed by atoms with van der Waals surface area (Å²) in [7, 11) is 0. The SMILES string of the molecule is CCCCCCCCc1cc2cn(C3C[C@@H](O)[C@@H](CO)O3)c(=O)nc2o1. The molecule has 0 aromatic carbocycles. The molecule has 1 saturated heterocycles. The van der Waals surface area contributed by atoms with Gasteiger partial charge in [0.2, 0.25) is 5.71 Å². The van der Waals surface area contributed by atoms with E-state index in [2.05, 4.69) is 11.9 Å². The molecule has 3 heterocycles. The number of ether oxygens (including phenoxy) is 1. The summed E-state index contributed by atoms with van der Waals surface area (Å²) in [4.78, 5) is 16.3. The van der Waals surface area contributed by atoms with Crippen molar-refractivity contribution in [2.75, 3.05) is 6.61 Å². The quantitative estimate of drug-likeness (QED) is 0.664. The molecule has 7 heteroatoms. The highest BCUT2D eigenvalue weighted by Gasteiger charge is 2.35. The third-order valence-electron chi connectivity index (χ3n) is 4.96. The maximum atomic E-state index is 12.3. The van der Waals surface area contributed by atoms with Crippen molar-refractivity contribution in [2.45, 2.75) is 76.7 Å². The van der Waals surface area contributed by atoms with Crippen molar-refractivity contribution in [2.24, 2.45) is 0 Å². The standard InChI is InChI=1S/C19H28N2O5/c1-2-3-4-5-6-7-8-14-9-13-11-21(19(24)20-18(13)25-14)17-10-15(23)16(12-22)26-17/h9,11,15-17,22-23H,2-8,10,12H2,1H3/t15-,16-,17?/m1/s1. The Bertz CT molecular complexity index is 769. The monoisotopic (exact) mass is 364 g/mol. The number of aryl methyl sites for hydroxylation is 1. The zero-order valence-corrected chi connectivity index (χ0v) is 15.3. The van der Waals surface area contributed by atoms with Gasteiger partial charge in [0.25, 0.3) is 0 Å². The molecule has 0 aliphatic carbocycles. The Morgan fingerprint density at radius 3 is 2.77 bits per heavy atom. The first kappa shape index (κ1) is 19.1. The van der Waals surface area contributed by atoms with Gasteiger partial charge in [-0.25, -0.2) is 4.79 Å². The van der Waals surface area contributed by atoms with Crippen LogP contribution in [0.5, 0.6) is 0 Å². The molecule has 7 nitrogen and oxygen atoms in total. The molecule has 0 saturated carbocycles. The van der Waals surface area contributed by atoms with Crippen LogP contribution >= 0.6 is 0 Å². The molecule has 1 unspecified atom stereocenters. The third-order valence-corrected chi connectivity index (χ3v) is 4.96. The Labute approximate surface area is 152 Å². The molecule has 3 atom stereocenters. The van der Waals surface area contributed by atoms with Gasteiger partial charge < -0.3 is 19.4 Å². The van der Waals surface area contributed by atoms with Crippen molar-refractivity contribution < 1.29 is 19.4 Å². The summed E-state index contributed by atoms with van der Waals surface area (Å²) in [5.74, 6) is 0.834. The van der Waals surface area contributed by atoms with Crippen molar-refractivity contribution in [1.82, 2.24) is 9.55 Å². The first-order valence-corrected chi connectivity index (χ1v) is 9.58. The van der Waals surface area contributed by atoms with Gasteiger partial charge in [0.15, 0.2) is 0 Å². The lowest BCUT2D eigenvalue weighted by atomic mass is 10.1. The van der Waals surface area contributed by atoms with E-state index in [-0.39, 0.29) is 13.0 Å². The highest BCUT2D eigenvalue weighted by molar-refractivity contribution is 5.72. The maximum Gasteiger partial charge on any atom is 0.353 e. The molecule has 1 fully saturated rings. The van der Waals surface area contributed by atoms with Gasteiger partial charge in [0, 0.05) is 19.0 Å². The second kappa shape index (κ2) is 8.79. The van der Waals surface area contributed by atoms with Crippen LogP contribution in [0.25, 0.3) is 11.1 Å². The van der Waals surface area contributed by atoms with E-state index in [4.69, 9.17) is 9.15 Å². The van der Waals surface area contributed by atoms with Crippen LogP contribution in [0, 0.1) is 0 Å². The molecule has 0 spiro atoms. The lowest BCUT2D eigenvalue weighted by molar-refractivity contribution is -0.0457. The van der Waals surface area contributed by atoms with E-state index in [0.29, 0.717) is 5.71 Å². The van der Waals surface area contributed by atoms with E-state index in [1.54, 1.807) is 6.20 Å². The Morgan fingerprint density at radius 1 is 1.27 bits per heavy atom. The van der Waals surface area contributed by atoms with Gasteiger partial charge in [-0.05, 0) is 12.5 Å². The Kier molecular flexibility index (Phi) is 6.45. The molecule has 26 heavy (non-hydrogen) atoms. The van der Waals surface area contributed by atoms with Crippen LogP contribution in [-0.4, -0.2) is 38.6 Å². The summed E-state index contributed by atoms with van der Waals surface area (Å²) in [5.41, 5.74) is -0.141. The van der Waals surface area contributed by atoms with Gasteiger partial charge in [0.1, 0.15) is 18.1 Å². The second-order valence-electron chi connectivity index (χ2n) is 7.04. The number of aliphatic hydroxyl groups excluding tert-OH is 2. The summed E-state index contributed by atoms with van der Waals surface area (Å²) < 4.78 is 12.6. The number of unbranched alkanes of at least 4 members (excludes halogenated alkanes) is 5. The Balaban J connectivity index is 1.66. The van der Waals surface area contributed by atoms with Crippen molar-refractivity contribution in [3.05, 3.63) is 28.5 Å². The minimum atomic E-state index is -0.791. The van der Waals surface area contributed by atoms with E-state index in [9.17, 15) is 15.0 Å². The fourth-order valence-corrected chi connectivity index (χ4v) is 3.44. The number of aliphatic hydroxyl groups is 2. The lowest BCUT2D eigenvalue weighted by Crippen LogP contribution is -2.27. The van der Waals surface area contributed by atoms with Crippen molar-refractivity contribution >= 4 is 11.1 Å². The van der Waals surface area contributed by atoms with Crippen LogP contribution < -0.4 is 5.69 Å². The number of nitrogens with zero attached hydrogens (tertiary/aromatic N) is 2. The van der Waals surface area contributed by atoms with Crippen LogP contribution in [0.3, 0.4) is 0 Å². The summed E-state index contributed by atoms with van der Waals surface area (Å²) in [6, 6.07) is 1.92. The van der Waals surface area contributed by atoms with E-state index in [1.165, 1.54) is 36.7 Å². The van der Waals surface area contributed by atoms with Gasteiger partial charge in [-0.2, -0.15) is 4.98 Å². The lowest BCUT2D eigenvalue weighted by Gasteiger charge is -2.13. The molecule has 2 aromatic heterocycles. The van der Waals surface area contributed by atoms with E-state index < -0.39 is 24.1 Å². The maximum absolute atomic E-state index is 12.3. The summed E-state index contributed by atoms with van der Waals surface area (Å²) in [6.07, 6.45) is 7.95. The number of aromatic nitrogens is 2. The molecule has 3 rings (SSSR count). The van der Waals surface area contributed by atoms with Crippen molar-refractivity contribution in [3.63, 3.8) is 0 Å². The number of furan rings is 1. The second-order valence-corrected chi connectivity index (χ2v) is 7.04. The Hall–Kier alpha value is -1.70. The van der Waals surface area contributed by atoms with Crippen molar-refractivity contribution in [1.29, 1.82) is 0 Å². The molecule has 0 amide bonds. The molecule has 0 radical (unpaired) electrons. The number of fused-ring (bicyclic) bond motifs is 1. The van der Waals surface area contributed by atoms with Crippen LogP contribution in [0.1, 0.15) is 63.9 Å². The van der Waals surface area contributed by atoms with E-state index in [1.807, 2.05) is 6.07 Å². The van der Waals surface area contributed by atoms with Gasteiger partial charge in [-0.1, -0.05) is 39.0 Å². The van der Waals surface area contributed by atoms with Crippen molar-refractivity contribution in [3.8, 4) is 0 Å². The minimum absolute atomic E-state index is 0.251. The molecule has 0 bridgehead atoms. The fourth-order valence-electron chi connectivity index (χ4n) is 3.44. The fraction of sp³-hybridized carbons (Fsp3) is 0.684. The zero-order valence-electron chi connectivity index (χ0n) is 15.3. The summed E-state index contributed by atoms with van der Waals surface area (Å²) >= 11 is 0. The first-order chi connectivity index (χ1) is 12.6. The number of rotatable bonds is 9. The van der Waals surface area contributed by atoms with Gasteiger partial charge in [0.05, 0.1) is 18.1 Å². The molecule has 2 N–H and O–H groups in total. The number of hydrogen-bond acceptors (Lipinski definition) is 6. The van der Waals surface area contributed by atoms with Gasteiger partial charge in [-0.3, -0.25) is 4.57 Å². The smallest absolute Gasteiger partial charge is 0.353 e. The third kappa shape index (κ3) is 4.34. The predicted molar refractivity (Wildman–Crippen MR) is 97.0 cm³/mol. The highest BCUT2D eigenvalue weighted by atomic mass is 16.5. The van der Waals surface area contributed by atoms with E-state index >= 15 is 0 Å². The topological polar surface area (TPSA) is 97.7 Å². The summed E-state index contributed by atoms with van der Waals surface area (Å²) in [6.45, 7) is 1.93. The van der Waals surface area contributed by atoms with Crippen LogP contribution in [-0.2, 0) is 11.2 Å². The molecule has 1 aliphatic rings. The van der Waals surface area contributed by atoms with Crippen LogP contribution in [0.4, 0.5) is 0 Å². The number of hydrogen-bond donors (Lipinski definition) is 2. The largest absolute Gasteiger partial charge is 0.443 e. The van der Waals surface area contributed by atoms with Gasteiger partial charge in [-0.15, -0.1) is 0 Å². The predicted octanol–water partition coefficient (Wildman–Crippen LogP) is 2.53. The average molecular weight is 364 g/mol. The molecule has 1 aliphatic heterocycles. The van der Waals surface area contributed by atoms with Crippen LogP contribution in [0.2, 0.25) is 0 Å². The normalized spacial score (nSPS) is 23.1. The molecule has 2 aromatic rings. The van der Waals surface area contributed by atoms with Crippen LogP contribution in [0.15, 0.2) is 21.5 Å². The Morgan fingerprint density at radius 2 is 2.04 bits per heavy atom. The average Bonchev–Trinajstić information content (AvgIpc) is 3.19. The van der Waals surface area contributed by atoms with E-state index in [0.717, 1.165) is 24.0 Å². The minimum Gasteiger partial charge on any atom is -0.443 e. The highest BCUT2D eigenvalue weighted by Crippen LogP contribution is 2.28. The molecular weight excluding hydrogens is 336 g/mol. The molecule has 144 valence electrons. The summed E-state index contributed by atoms with van der Waals surface area (Å²) in [5, 5.41) is 19.8. The van der Waals surface area contributed by atoms with Gasteiger partial charge >= 0.3 is 5.69 Å². The first-order valence-electron chi connectivity index (χ1n) is 9.58.